The highest BCUT2D eigenvalue weighted by Gasteiger charge is 2.27. The van der Waals surface area contributed by atoms with Gasteiger partial charge in [-0.15, -0.1) is 0 Å². The number of nitrogens with one attached hydrogen (secondary N) is 1. The maximum Gasteiger partial charge on any atom is 0.324 e. The maximum atomic E-state index is 12.3. The minimum absolute atomic E-state index is 0.0553. The van der Waals surface area contributed by atoms with Gasteiger partial charge in [-0.1, -0.05) is 12.1 Å². The lowest BCUT2D eigenvalue weighted by molar-refractivity contribution is -0.135. The van der Waals surface area contributed by atoms with E-state index in [9.17, 15) is 9.59 Å². The second kappa shape index (κ2) is 7.47. The Morgan fingerprint density at radius 3 is 2.68 bits per heavy atom. The van der Waals surface area contributed by atoms with Crippen molar-refractivity contribution in [2.75, 3.05) is 32.1 Å². The van der Waals surface area contributed by atoms with E-state index in [0.29, 0.717) is 30.6 Å². The molecule has 3 rings (SSSR count). The molecule has 8 nitrogen and oxygen atoms in total. The van der Waals surface area contributed by atoms with Crippen LogP contribution in [0.3, 0.4) is 0 Å². The summed E-state index contributed by atoms with van der Waals surface area (Å²) in [6.45, 7) is 3.31. The minimum atomic E-state index is -0.325. The zero-order chi connectivity index (χ0) is 17.8. The standard InChI is InChI=1S/C16H19N5O3S/c1-11-17-15(25-19-11)18-16(23)21-8-7-20(14(22)10-21)9-12-3-5-13(24-2)6-4-12/h3-6H,7-10H2,1-2H3,(H,17,18,19,23). The molecule has 9 heteroatoms. The fourth-order valence-corrected chi connectivity index (χ4v) is 3.08. The third kappa shape index (κ3) is 4.24. The molecule has 0 aliphatic carbocycles. The van der Waals surface area contributed by atoms with Gasteiger partial charge in [-0.2, -0.15) is 4.37 Å². The van der Waals surface area contributed by atoms with Gasteiger partial charge in [-0.3, -0.25) is 10.1 Å². The third-order valence-electron chi connectivity index (χ3n) is 3.88. The van der Waals surface area contributed by atoms with Crippen molar-refractivity contribution in [3.63, 3.8) is 0 Å². The number of benzene rings is 1. The van der Waals surface area contributed by atoms with Crippen molar-refractivity contribution in [2.45, 2.75) is 13.5 Å². The SMILES string of the molecule is COc1ccc(CN2CCN(C(=O)Nc3nc(C)ns3)CC2=O)cc1. The van der Waals surface area contributed by atoms with Crippen molar-refractivity contribution in [1.82, 2.24) is 19.2 Å². The summed E-state index contributed by atoms with van der Waals surface area (Å²) >= 11 is 1.12. The van der Waals surface area contributed by atoms with Gasteiger partial charge < -0.3 is 14.5 Å². The summed E-state index contributed by atoms with van der Waals surface area (Å²) in [4.78, 5) is 31.9. The molecule has 1 aliphatic rings. The third-order valence-corrected chi connectivity index (χ3v) is 4.60. The Bertz CT molecular complexity index is 761. The topological polar surface area (TPSA) is 87.7 Å². The lowest BCUT2D eigenvalue weighted by Crippen LogP contribution is -2.52. The summed E-state index contributed by atoms with van der Waals surface area (Å²) in [5.41, 5.74) is 1.02. The molecule has 2 heterocycles. The Balaban J connectivity index is 1.54. The zero-order valence-corrected chi connectivity index (χ0v) is 14.9. The van der Waals surface area contributed by atoms with Gasteiger partial charge in [-0.05, 0) is 24.6 Å². The average Bonchev–Trinajstić information content (AvgIpc) is 3.02. The van der Waals surface area contributed by atoms with E-state index in [1.54, 1.807) is 18.9 Å². The van der Waals surface area contributed by atoms with Gasteiger partial charge in [-0.25, -0.2) is 9.78 Å². The number of nitrogens with zero attached hydrogens (tertiary/aromatic N) is 4. The van der Waals surface area contributed by atoms with Gasteiger partial charge in [0, 0.05) is 31.2 Å². The number of amides is 3. The summed E-state index contributed by atoms with van der Waals surface area (Å²) in [5, 5.41) is 3.12. The maximum absolute atomic E-state index is 12.3. The molecule has 0 radical (unpaired) electrons. The Morgan fingerprint density at radius 1 is 1.32 bits per heavy atom. The first-order chi connectivity index (χ1) is 12.0. The number of carbonyl (C=O) groups is 2. The van der Waals surface area contributed by atoms with Gasteiger partial charge in [0.15, 0.2) is 0 Å². The van der Waals surface area contributed by atoms with Crippen LogP contribution in [0.1, 0.15) is 11.4 Å². The normalized spacial score (nSPS) is 14.6. The van der Waals surface area contributed by atoms with Crippen molar-refractivity contribution in [3.8, 4) is 5.75 Å². The highest BCUT2D eigenvalue weighted by molar-refractivity contribution is 7.09. The van der Waals surface area contributed by atoms with Crippen LogP contribution in [0.2, 0.25) is 0 Å². The number of piperazine rings is 1. The first-order valence-electron chi connectivity index (χ1n) is 7.82. The number of hydrogen-bond acceptors (Lipinski definition) is 6. The second-order valence-corrected chi connectivity index (χ2v) is 6.41. The molecule has 25 heavy (non-hydrogen) atoms. The van der Waals surface area contributed by atoms with E-state index in [1.807, 2.05) is 24.3 Å². The number of ether oxygens (including phenoxy) is 1. The molecular formula is C16H19N5O3S. The summed E-state index contributed by atoms with van der Waals surface area (Å²) < 4.78 is 9.14. The molecule has 132 valence electrons. The molecule has 0 saturated carbocycles. The number of carbonyl (C=O) groups excluding carboxylic acids is 2. The van der Waals surface area contributed by atoms with Gasteiger partial charge >= 0.3 is 6.03 Å². The summed E-state index contributed by atoms with van der Waals surface area (Å²) in [6.07, 6.45) is 0. The molecule has 2 aromatic rings. The van der Waals surface area contributed by atoms with Crippen LogP contribution in [0.4, 0.5) is 9.93 Å². The lowest BCUT2D eigenvalue weighted by atomic mass is 10.2. The van der Waals surface area contributed by atoms with Gasteiger partial charge in [0.05, 0.1) is 7.11 Å². The van der Waals surface area contributed by atoms with Crippen molar-refractivity contribution in [1.29, 1.82) is 0 Å². The van der Waals surface area contributed by atoms with Crippen molar-refractivity contribution < 1.29 is 14.3 Å². The number of hydrogen-bond donors (Lipinski definition) is 1. The molecule has 0 bridgehead atoms. The molecule has 1 aliphatic heterocycles. The summed E-state index contributed by atoms with van der Waals surface area (Å²) in [6, 6.07) is 7.28. The Kier molecular flexibility index (Phi) is 5.13. The van der Waals surface area contributed by atoms with Crippen LogP contribution in [-0.2, 0) is 11.3 Å². The van der Waals surface area contributed by atoms with E-state index >= 15 is 0 Å². The van der Waals surface area contributed by atoms with Crippen LogP contribution >= 0.6 is 11.5 Å². The Labute approximate surface area is 149 Å². The van der Waals surface area contributed by atoms with Crippen molar-refractivity contribution in [2.24, 2.45) is 0 Å². The van der Waals surface area contributed by atoms with Gasteiger partial charge in [0.1, 0.15) is 18.1 Å². The summed E-state index contributed by atoms with van der Waals surface area (Å²) in [5.74, 6) is 1.31. The second-order valence-electron chi connectivity index (χ2n) is 5.66. The molecule has 1 N–H and O–H groups in total. The van der Waals surface area contributed by atoms with E-state index in [2.05, 4.69) is 14.7 Å². The van der Waals surface area contributed by atoms with Crippen LogP contribution in [0.25, 0.3) is 0 Å². The molecular weight excluding hydrogens is 342 g/mol. The van der Waals surface area contributed by atoms with Crippen molar-refractivity contribution >= 4 is 28.6 Å². The fraction of sp³-hybridized carbons (Fsp3) is 0.375. The van der Waals surface area contributed by atoms with E-state index < -0.39 is 0 Å². The molecule has 0 unspecified atom stereocenters. The van der Waals surface area contributed by atoms with Crippen LogP contribution in [-0.4, -0.2) is 57.8 Å². The molecule has 1 fully saturated rings. The van der Waals surface area contributed by atoms with Crippen LogP contribution in [0, 0.1) is 6.92 Å². The minimum Gasteiger partial charge on any atom is -0.497 e. The molecule has 1 aromatic carbocycles. The number of anilines is 1. The first-order valence-corrected chi connectivity index (χ1v) is 8.59. The largest absolute Gasteiger partial charge is 0.497 e. The van der Waals surface area contributed by atoms with E-state index in [0.717, 1.165) is 22.8 Å². The quantitative estimate of drug-likeness (QED) is 0.896. The predicted octanol–water partition coefficient (Wildman–Crippen LogP) is 1.73. The average molecular weight is 361 g/mol. The van der Waals surface area contributed by atoms with E-state index in [4.69, 9.17) is 4.74 Å². The fourth-order valence-electron chi connectivity index (χ4n) is 2.52. The lowest BCUT2D eigenvalue weighted by Gasteiger charge is -2.34. The molecule has 0 spiro atoms. The molecule has 0 atom stereocenters. The number of methoxy groups -OCH3 is 1. The van der Waals surface area contributed by atoms with Gasteiger partial charge in [0.2, 0.25) is 11.0 Å². The van der Waals surface area contributed by atoms with Gasteiger partial charge in [0.25, 0.3) is 0 Å². The highest BCUT2D eigenvalue weighted by Crippen LogP contribution is 2.16. The predicted molar refractivity (Wildman–Crippen MR) is 93.6 cm³/mol. The Morgan fingerprint density at radius 2 is 2.08 bits per heavy atom. The highest BCUT2D eigenvalue weighted by atomic mass is 32.1. The molecule has 1 aromatic heterocycles. The van der Waals surface area contributed by atoms with E-state index in [-0.39, 0.29) is 18.5 Å². The number of aryl methyl sites for hydroxylation is 1. The number of urea groups is 1. The summed E-state index contributed by atoms with van der Waals surface area (Å²) in [7, 11) is 1.62. The van der Waals surface area contributed by atoms with E-state index in [1.165, 1.54) is 4.90 Å². The Hall–Kier alpha value is -2.68. The first kappa shape index (κ1) is 17.2. The number of aromatic nitrogens is 2. The van der Waals surface area contributed by atoms with Crippen LogP contribution < -0.4 is 10.1 Å². The monoisotopic (exact) mass is 361 g/mol. The number of rotatable bonds is 4. The molecule has 1 saturated heterocycles. The zero-order valence-electron chi connectivity index (χ0n) is 14.1. The van der Waals surface area contributed by atoms with Crippen LogP contribution in [0.5, 0.6) is 5.75 Å². The van der Waals surface area contributed by atoms with Crippen molar-refractivity contribution in [3.05, 3.63) is 35.7 Å². The smallest absolute Gasteiger partial charge is 0.324 e. The van der Waals surface area contributed by atoms with Crippen LogP contribution in [0.15, 0.2) is 24.3 Å². The molecule has 3 amide bonds.